The van der Waals surface area contributed by atoms with E-state index in [9.17, 15) is 74.2 Å². The van der Waals surface area contributed by atoms with Crippen LogP contribution in [0.4, 0.5) is 50.9 Å². The first-order valence-corrected chi connectivity index (χ1v) is 36.5. The highest BCUT2D eigenvalue weighted by Crippen LogP contribution is 2.36. The van der Waals surface area contributed by atoms with Crippen LogP contribution in [-0.4, -0.2) is 182 Å². The van der Waals surface area contributed by atoms with E-state index in [-0.39, 0.29) is 108 Å². The number of carboxylic acid groups (broad SMARTS) is 1. The SMILES string of the molecule is Cc1cc(N2CCOC[C@@H]2C(F)(F)F)cc(F)c1C(=O)N[C@@H](Cc1ccc(-n2c(=O)c3ccncc3n(C)c2=O)c2ncccc12)C(=O)O.Cc1cc(N2CCOC[C@@H]2C(F)(F)F)cc(F)c1C(=O)N[C@@H](Cc1ccc(-n2c(=O)c3ccncc3n(C)c2=O)c2ncccc12)C(=O)OCCn1ccnc1C.Cc1nccn1CCCl.[2H]CF. The molecule has 2 amide bonds. The molecule has 28 nitrogen and oxygen atoms in total. The number of aryl methyl sites for hydroxylation is 7. The number of imidazole rings is 2. The summed E-state index contributed by atoms with van der Waals surface area (Å²) < 4.78 is 153. The van der Waals surface area contributed by atoms with Gasteiger partial charge < -0.3 is 48.9 Å². The number of fused-ring (bicyclic) bond motifs is 4. The fraction of sp³-hybridized carbons (Fsp3) is 0.316. The van der Waals surface area contributed by atoms with Gasteiger partial charge in [0.25, 0.3) is 22.9 Å². The number of hydrogen-bond acceptors (Lipinski definition) is 19. The van der Waals surface area contributed by atoms with Crippen molar-refractivity contribution in [3.8, 4) is 11.4 Å². The number of nitrogens with one attached hydrogen (secondary N) is 2. The second kappa shape index (κ2) is 36.5. The van der Waals surface area contributed by atoms with E-state index in [2.05, 4.69) is 40.5 Å². The Morgan fingerprint density at radius 1 is 0.598 bits per heavy atom. The van der Waals surface area contributed by atoms with Gasteiger partial charge in [-0.2, -0.15) is 26.3 Å². The molecule has 10 heterocycles. The summed E-state index contributed by atoms with van der Waals surface area (Å²) in [7, 11) is 2.01. The molecule has 0 radical (unpaired) electrons. The van der Waals surface area contributed by atoms with Gasteiger partial charge in [0.15, 0.2) is 0 Å². The summed E-state index contributed by atoms with van der Waals surface area (Å²) in [5.41, 5.74) is -1.35. The zero-order valence-corrected chi connectivity index (χ0v) is 64.1. The molecule has 0 aliphatic carbocycles. The maximum Gasteiger partial charge on any atom is 0.411 e. The van der Waals surface area contributed by atoms with Gasteiger partial charge >= 0.3 is 35.7 Å². The predicted octanol–water partition coefficient (Wildman–Crippen LogP) is 9.23. The van der Waals surface area contributed by atoms with E-state index in [0.29, 0.717) is 44.6 Å². The number of ether oxygens (including phenoxy) is 3. The Morgan fingerprint density at radius 3 is 1.43 bits per heavy atom. The van der Waals surface area contributed by atoms with Crippen LogP contribution < -0.4 is 42.9 Å². The first-order chi connectivity index (χ1) is 56.3. The van der Waals surface area contributed by atoms with E-state index in [1.807, 2.05) is 17.7 Å². The van der Waals surface area contributed by atoms with Gasteiger partial charge in [-0.05, 0) is 111 Å². The number of halogens is 10. The quantitative estimate of drug-likeness (QED) is 0.0385. The summed E-state index contributed by atoms with van der Waals surface area (Å²) in [6, 6.07) is 12.7. The van der Waals surface area contributed by atoms with Crippen molar-refractivity contribution < 1.29 is 79.4 Å². The molecule has 0 bridgehead atoms. The minimum absolute atomic E-state index is 0.00115. The molecular formula is C79H76ClF9N16O12. The van der Waals surface area contributed by atoms with Crippen molar-refractivity contribution in [2.75, 3.05) is 69.0 Å². The van der Waals surface area contributed by atoms with Gasteiger partial charge in [-0.3, -0.25) is 52.6 Å². The van der Waals surface area contributed by atoms with Gasteiger partial charge in [0.1, 0.15) is 54.1 Å². The van der Waals surface area contributed by atoms with Crippen molar-refractivity contribution in [1.82, 2.24) is 67.9 Å². The molecule has 2 fully saturated rings. The van der Waals surface area contributed by atoms with E-state index in [4.69, 9.17) is 27.2 Å². The van der Waals surface area contributed by atoms with Crippen molar-refractivity contribution in [3.63, 3.8) is 0 Å². The van der Waals surface area contributed by atoms with Gasteiger partial charge in [-0.15, -0.1) is 11.6 Å². The number of aromatic nitrogens is 12. The second-order valence-electron chi connectivity index (χ2n) is 26.9. The van der Waals surface area contributed by atoms with Crippen molar-refractivity contribution in [2.24, 2.45) is 14.1 Å². The number of aliphatic carboxylic acids is 1. The van der Waals surface area contributed by atoms with Crippen LogP contribution in [-0.2, 0) is 63.8 Å². The Kier molecular flexibility index (Phi) is 26.1. The second-order valence-corrected chi connectivity index (χ2v) is 27.3. The lowest BCUT2D eigenvalue weighted by molar-refractivity contribution is -0.167. The predicted molar refractivity (Wildman–Crippen MR) is 414 cm³/mol. The molecule has 2 aliphatic heterocycles. The van der Waals surface area contributed by atoms with Crippen LogP contribution in [0.15, 0.2) is 166 Å². The van der Waals surface area contributed by atoms with Crippen molar-refractivity contribution in [1.29, 1.82) is 0 Å². The number of amides is 2. The number of alkyl halides is 8. The van der Waals surface area contributed by atoms with Crippen molar-refractivity contribution >= 4 is 90.3 Å². The molecule has 0 saturated carbocycles. The third-order valence-corrected chi connectivity index (χ3v) is 19.9. The number of pyridine rings is 4. The van der Waals surface area contributed by atoms with Gasteiger partial charge in [0.2, 0.25) is 0 Å². The third kappa shape index (κ3) is 18.4. The smallest absolute Gasteiger partial charge is 0.411 e. The molecule has 14 rings (SSSR count). The van der Waals surface area contributed by atoms with Crippen LogP contribution in [0.25, 0.3) is 55.0 Å². The highest BCUT2D eigenvalue weighted by molar-refractivity contribution is 6.17. The summed E-state index contributed by atoms with van der Waals surface area (Å²) in [4.78, 5) is 134. The molecule has 4 atom stereocenters. The van der Waals surface area contributed by atoms with E-state index in [1.165, 1.54) is 117 Å². The van der Waals surface area contributed by atoms with Gasteiger partial charge in [-0.1, -0.05) is 24.3 Å². The number of carbonyl (C=O) groups excluding carboxylic acids is 3. The third-order valence-electron chi connectivity index (χ3n) is 19.8. The van der Waals surface area contributed by atoms with Crippen molar-refractivity contribution in [2.45, 2.75) is 90.1 Å². The molecule has 2 aliphatic rings. The minimum Gasteiger partial charge on any atom is -0.480 e. The molecule has 0 spiro atoms. The number of carboxylic acids is 1. The van der Waals surface area contributed by atoms with E-state index < -0.39 is 126 Å². The number of esters is 1. The number of hydrogen-bond donors (Lipinski definition) is 3. The van der Waals surface area contributed by atoms with Gasteiger partial charge in [0.05, 0.1) is 109 Å². The Hall–Kier alpha value is -12.6. The average Bonchev–Trinajstić information content (AvgIpc) is 0.830. The molecule has 4 aromatic carbocycles. The molecule has 12 aromatic rings. The molecule has 38 heteroatoms. The molecule has 614 valence electrons. The Labute approximate surface area is 664 Å². The summed E-state index contributed by atoms with van der Waals surface area (Å²) in [6.45, 7) is 5.90. The molecule has 8 aromatic heterocycles. The molecule has 117 heavy (non-hydrogen) atoms. The monoisotopic (exact) mass is 1650 g/mol. The number of anilines is 2. The Bertz CT molecular complexity index is 5970. The van der Waals surface area contributed by atoms with Crippen LogP contribution in [0, 0.1) is 39.3 Å². The number of rotatable bonds is 19. The topological polar surface area (TPSA) is 322 Å². The lowest BCUT2D eigenvalue weighted by Gasteiger charge is -2.38. The van der Waals surface area contributed by atoms with Crippen molar-refractivity contribution in [3.05, 3.63) is 245 Å². The Morgan fingerprint density at radius 2 is 1.03 bits per heavy atom. The normalized spacial score (nSPS) is 15.0. The number of benzene rings is 4. The lowest BCUT2D eigenvalue weighted by Crippen LogP contribution is -2.53. The zero-order valence-electron chi connectivity index (χ0n) is 64.3. The average molecular weight is 1650 g/mol. The summed E-state index contributed by atoms with van der Waals surface area (Å²) in [5.74, 6) is -4.24. The van der Waals surface area contributed by atoms with Crippen LogP contribution in [0.1, 0.15) is 56.0 Å². The first kappa shape index (κ1) is 83.8. The maximum absolute atomic E-state index is 15.8. The van der Waals surface area contributed by atoms with Crippen LogP contribution >= 0.6 is 11.6 Å². The summed E-state index contributed by atoms with van der Waals surface area (Å²) >= 11 is 5.52. The molecule has 2 saturated heterocycles. The highest BCUT2D eigenvalue weighted by Gasteiger charge is 2.47. The van der Waals surface area contributed by atoms with E-state index in [0.717, 1.165) is 43.4 Å². The van der Waals surface area contributed by atoms with E-state index in [1.54, 1.807) is 60.4 Å². The molecule has 0 unspecified atom stereocenters. The van der Waals surface area contributed by atoms with E-state index >= 15 is 8.78 Å². The highest BCUT2D eigenvalue weighted by atomic mass is 35.5. The van der Waals surface area contributed by atoms with Gasteiger partial charge in [0, 0.05) is 124 Å². The molecular weight excluding hydrogens is 1570 g/mol. The lowest BCUT2D eigenvalue weighted by atomic mass is 9.99. The summed E-state index contributed by atoms with van der Waals surface area (Å²) in [6.07, 6.45) is 5.80. The molecule has 3 N–H and O–H groups in total. The zero-order chi connectivity index (χ0) is 85.2. The number of nitrogens with zero attached hydrogens (tertiary/aromatic N) is 14. The standard InChI is InChI=1S/C39H36F4N8O6.C33H28F4N6O6.C6H9ClN2.CH3F/c1-22-17-25(50-14-15-56-21-32(50)39(41,42)43)19-28(40)33(22)35(52)47-29(37(54)57-16-13-49-12-11-45-23(49)2)18-24-6-7-30(34-26(24)5-4-9-46-34)51-36(53)27-8-10-44-20-31(27)48(3)38(51)55;1-17-12-19(42-10-11-49-16-26(42)33(35,36)37)14-22(34)27(17)29(44)40-23(31(46)47)13-18-5-6-24(28-20(18)4-3-8-39-28)43-30(45)21-7-9-38-15-25(21)41(2)32(43)48;1-6-8-3-5-9(6)4-2-7;1-2/h4-12,17,19-20,29,32H,13-16,18,21H2,1-3H3,(H,47,52);3-9,12,14-15,23,26H,10-11,13,16H2,1-2H3,(H,40,44)(H,46,47);3,5H,2,4H2,1H3;1H3/t29-,32+;23-,26+;;/m00../s1/i;;;1D. The van der Waals surface area contributed by atoms with Crippen LogP contribution in [0.3, 0.4) is 0 Å². The first-order valence-electron chi connectivity index (χ1n) is 36.6. The number of morpholine rings is 2. The number of carbonyl (C=O) groups is 4. The fourth-order valence-electron chi connectivity index (χ4n) is 13.9. The van der Waals surface area contributed by atoms with Gasteiger partial charge in [-0.25, -0.2) is 47.1 Å². The van der Waals surface area contributed by atoms with Crippen LogP contribution in [0.2, 0.25) is 0 Å². The minimum atomic E-state index is -4.65. The van der Waals surface area contributed by atoms with Crippen LogP contribution in [0.5, 0.6) is 0 Å². The largest absolute Gasteiger partial charge is 0.480 e. The maximum atomic E-state index is 15.8. The summed E-state index contributed by atoms with van der Waals surface area (Å²) in [5, 5.41) is 16.3. The Balaban J connectivity index is 0.000000204. The fourth-order valence-corrected chi connectivity index (χ4v) is 14.1.